The molecule has 0 radical (unpaired) electrons. The standard InChI is InChI=1S/C24H35N5OS.HI/c1-25-24(26-17-19-7-9-21(10-8-19)29-12-14-30-15-13-29)27-18-20-5-3-11-28(2)23(20)22-6-4-16-31-22;/h4,6-10,16,20,23H,3,5,11-15,17-18H2,1-2H3,(H2,25,26,27);1H. The largest absolute Gasteiger partial charge is 0.378 e. The summed E-state index contributed by atoms with van der Waals surface area (Å²) >= 11 is 1.87. The predicted molar refractivity (Wildman–Crippen MR) is 146 cm³/mol. The average molecular weight is 570 g/mol. The minimum Gasteiger partial charge on any atom is -0.378 e. The molecule has 2 atom stereocenters. The second kappa shape index (κ2) is 12.8. The van der Waals surface area contributed by atoms with Gasteiger partial charge in [0, 0.05) is 49.8 Å². The first-order valence-electron chi connectivity index (χ1n) is 11.3. The van der Waals surface area contributed by atoms with Crippen LogP contribution < -0.4 is 15.5 Å². The fourth-order valence-corrected chi connectivity index (χ4v) is 5.65. The Morgan fingerprint density at radius 1 is 1.12 bits per heavy atom. The number of piperidine rings is 1. The molecule has 3 heterocycles. The fraction of sp³-hybridized carbons (Fsp3) is 0.542. The van der Waals surface area contributed by atoms with Crippen molar-refractivity contribution < 1.29 is 4.74 Å². The van der Waals surface area contributed by atoms with Gasteiger partial charge < -0.3 is 20.3 Å². The molecule has 2 fully saturated rings. The number of benzene rings is 1. The van der Waals surface area contributed by atoms with E-state index in [2.05, 4.69) is 74.3 Å². The topological polar surface area (TPSA) is 52.1 Å². The number of guanidine groups is 1. The summed E-state index contributed by atoms with van der Waals surface area (Å²) in [6, 6.07) is 13.8. The molecule has 1 aromatic carbocycles. The Bertz CT molecular complexity index is 823. The van der Waals surface area contributed by atoms with Gasteiger partial charge in [-0.05, 0) is 61.5 Å². The van der Waals surface area contributed by atoms with E-state index in [4.69, 9.17) is 4.74 Å². The number of halogens is 1. The van der Waals surface area contributed by atoms with E-state index >= 15 is 0 Å². The van der Waals surface area contributed by atoms with E-state index < -0.39 is 0 Å². The van der Waals surface area contributed by atoms with Gasteiger partial charge in [0.15, 0.2) is 5.96 Å². The van der Waals surface area contributed by atoms with Crippen LogP contribution in [0.1, 0.15) is 29.3 Å². The maximum absolute atomic E-state index is 5.45. The van der Waals surface area contributed by atoms with E-state index in [-0.39, 0.29) is 24.0 Å². The van der Waals surface area contributed by atoms with Gasteiger partial charge in [0.2, 0.25) is 0 Å². The van der Waals surface area contributed by atoms with Crippen molar-refractivity contribution in [3.8, 4) is 0 Å². The number of nitrogens with one attached hydrogen (secondary N) is 2. The van der Waals surface area contributed by atoms with E-state index in [1.54, 1.807) is 0 Å². The van der Waals surface area contributed by atoms with Crippen molar-refractivity contribution in [2.75, 3.05) is 58.4 Å². The maximum atomic E-state index is 5.45. The Labute approximate surface area is 213 Å². The molecule has 0 aliphatic carbocycles. The summed E-state index contributed by atoms with van der Waals surface area (Å²) in [6.45, 7) is 6.44. The highest BCUT2D eigenvalue weighted by molar-refractivity contribution is 14.0. The smallest absolute Gasteiger partial charge is 0.191 e. The summed E-state index contributed by atoms with van der Waals surface area (Å²) in [6.07, 6.45) is 2.51. The van der Waals surface area contributed by atoms with Crippen molar-refractivity contribution in [1.29, 1.82) is 0 Å². The van der Waals surface area contributed by atoms with Crippen molar-refractivity contribution >= 4 is 47.0 Å². The Kier molecular flexibility index (Phi) is 10.1. The summed E-state index contributed by atoms with van der Waals surface area (Å²) in [5.41, 5.74) is 2.53. The second-order valence-electron chi connectivity index (χ2n) is 8.42. The number of nitrogens with zero attached hydrogens (tertiary/aromatic N) is 3. The average Bonchev–Trinajstić information content (AvgIpc) is 3.34. The first-order valence-corrected chi connectivity index (χ1v) is 12.2. The number of thiophene rings is 1. The molecule has 176 valence electrons. The zero-order valence-electron chi connectivity index (χ0n) is 19.1. The van der Waals surface area contributed by atoms with Crippen molar-refractivity contribution in [2.45, 2.75) is 25.4 Å². The van der Waals surface area contributed by atoms with Crippen molar-refractivity contribution in [3.63, 3.8) is 0 Å². The van der Waals surface area contributed by atoms with E-state index in [0.29, 0.717) is 12.0 Å². The number of hydrogen-bond donors (Lipinski definition) is 2. The number of anilines is 1. The Balaban J connectivity index is 0.00000289. The highest BCUT2D eigenvalue weighted by atomic mass is 127. The van der Waals surface area contributed by atoms with Gasteiger partial charge in [0.1, 0.15) is 0 Å². The third kappa shape index (κ3) is 6.59. The molecule has 8 heteroatoms. The highest BCUT2D eigenvalue weighted by Gasteiger charge is 2.31. The maximum Gasteiger partial charge on any atom is 0.191 e. The molecular formula is C24H36IN5OS. The second-order valence-corrected chi connectivity index (χ2v) is 9.39. The van der Waals surface area contributed by atoms with Crippen LogP contribution in [0.3, 0.4) is 0 Å². The molecule has 2 N–H and O–H groups in total. The molecule has 0 spiro atoms. The number of hydrogen-bond acceptors (Lipinski definition) is 5. The van der Waals surface area contributed by atoms with Crippen LogP contribution >= 0.6 is 35.3 Å². The molecule has 2 unspecified atom stereocenters. The molecule has 1 aromatic heterocycles. The van der Waals surface area contributed by atoms with Crippen LogP contribution in [0.25, 0.3) is 0 Å². The van der Waals surface area contributed by atoms with Crippen LogP contribution in [-0.4, -0.2) is 64.3 Å². The van der Waals surface area contributed by atoms with Crippen LogP contribution in [0.2, 0.25) is 0 Å². The Morgan fingerprint density at radius 2 is 1.91 bits per heavy atom. The summed E-state index contributed by atoms with van der Waals surface area (Å²) in [5, 5.41) is 9.25. The molecule has 2 saturated heterocycles. The molecule has 32 heavy (non-hydrogen) atoms. The summed E-state index contributed by atoms with van der Waals surface area (Å²) in [4.78, 5) is 10.8. The van der Waals surface area contributed by atoms with Crippen LogP contribution in [0.4, 0.5) is 5.69 Å². The van der Waals surface area contributed by atoms with E-state index in [9.17, 15) is 0 Å². The van der Waals surface area contributed by atoms with Gasteiger partial charge in [0.25, 0.3) is 0 Å². The van der Waals surface area contributed by atoms with Crippen LogP contribution in [-0.2, 0) is 11.3 Å². The Hall–Kier alpha value is -1.36. The lowest BCUT2D eigenvalue weighted by atomic mass is 9.88. The van der Waals surface area contributed by atoms with Crippen LogP contribution in [0, 0.1) is 5.92 Å². The summed E-state index contributed by atoms with van der Waals surface area (Å²) in [7, 11) is 4.10. The van der Waals surface area contributed by atoms with E-state index in [0.717, 1.165) is 45.4 Å². The first kappa shape index (κ1) is 25.3. The third-order valence-electron chi connectivity index (χ3n) is 6.37. The number of ether oxygens (including phenoxy) is 1. The quantitative estimate of drug-likeness (QED) is 0.314. The predicted octanol–water partition coefficient (Wildman–Crippen LogP) is 3.95. The minimum absolute atomic E-state index is 0. The van der Waals surface area contributed by atoms with E-state index in [1.807, 2.05) is 18.4 Å². The lowest BCUT2D eigenvalue weighted by Gasteiger charge is -2.39. The Morgan fingerprint density at radius 3 is 2.59 bits per heavy atom. The third-order valence-corrected chi connectivity index (χ3v) is 7.31. The number of rotatable bonds is 6. The van der Waals surface area contributed by atoms with Gasteiger partial charge >= 0.3 is 0 Å². The van der Waals surface area contributed by atoms with Gasteiger partial charge in [0.05, 0.1) is 13.2 Å². The minimum atomic E-state index is 0. The van der Waals surface area contributed by atoms with Gasteiger partial charge in [-0.15, -0.1) is 35.3 Å². The molecule has 0 amide bonds. The molecule has 2 aliphatic rings. The van der Waals surface area contributed by atoms with E-state index in [1.165, 1.54) is 35.5 Å². The molecule has 0 bridgehead atoms. The van der Waals surface area contributed by atoms with Crippen molar-refractivity contribution in [2.24, 2.45) is 10.9 Å². The first-order chi connectivity index (χ1) is 15.2. The zero-order valence-corrected chi connectivity index (χ0v) is 22.3. The molecule has 6 nitrogen and oxygen atoms in total. The van der Waals surface area contributed by atoms with Crippen molar-refractivity contribution in [1.82, 2.24) is 15.5 Å². The molecular weight excluding hydrogens is 533 g/mol. The summed E-state index contributed by atoms with van der Waals surface area (Å²) < 4.78 is 5.45. The zero-order chi connectivity index (χ0) is 21.5. The van der Waals surface area contributed by atoms with Gasteiger partial charge in [-0.2, -0.15) is 0 Å². The SMILES string of the molecule is CN=C(NCc1ccc(N2CCOCC2)cc1)NCC1CCCN(C)C1c1cccs1.I. The fourth-order valence-electron chi connectivity index (χ4n) is 4.66. The number of morpholine rings is 1. The normalized spacial score (nSPS) is 22.3. The monoisotopic (exact) mass is 569 g/mol. The molecule has 2 aliphatic heterocycles. The molecule has 4 rings (SSSR count). The summed E-state index contributed by atoms with van der Waals surface area (Å²) in [5.74, 6) is 1.46. The lowest BCUT2D eigenvalue weighted by Crippen LogP contribution is -2.44. The number of aliphatic imine (C=N–C) groups is 1. The van der Waals surface area contributed by atoms with Gasteiger partial charge in [-0.3, -0.25) is 9.89 Å². The lowest BCUT2D eigenvalue weighted by molar-refractivity contribution is 0.122. The van der Waals surface area contributed by atoms with Gasteiger partial charge in [-0.1, -0.05) is 18.2 Å². The van der Waals surface area contributed by atoms with Crippen LogP contribution in [0.5, 0.6) is 0 Å². The van der Waals surface area contributed by atoms with Crippen LogP contribution in [0.15, 0.2) is 46.8 Å². The molecule has 2 aromatic rings. The number of likely N-dealkylation sites (tertiary alicyclic amines) is 1. The van der Waals surface area contributed by atoms with Gasteiger partial charge in [-0.25, -0.2) is 0 Å². The molecule has 0 saturated carbocycles. The highest BCUT2D eigenvalue weighted by Crippen LogP contribution is 2.36. The van der Waals surface area contributed by atoms with Crippen molar-refractivity contribution in [3.05, 3.63) is 52.2 Å².